The van der Waals surface area contributed by atoms with Gasteiger partial charge >= 0.3 is 0 Å². The molecule has 0 aromatic heterocycles. The SMILES string of the molecule is COc1ccc2c(c1)C(NC(=O)c1cccc(N(C)S(C)(=O)=O)c1)CC(C)(C)O2. The van der Waals surface area contributed by atoms with Gasteiger partial charge in [-0.05, 0) is 50.2 Å². The zero-order valence-corrected chi connectivity index (χ0v) is 18.0. The lowest BCUT2D eigenvalue weighted by Crippen LogP contribution is -2.41. The summed E-state index contributed by atoms with van der Waals surface area (Å²) in [6.45, 7) is 3.95. The molecule has 0 spiro atoms. The molecule has 1 heterocycles. The molecule has 156 valence electrons. The number of methoxy groups -OCH3 is 1. The summed E-state index contributed by atoms with van der Waals surface area (Å²) in [5.74, 6) is 1.10. The van der Waals surface area contributed by atoms with Gasteiger partial charge in [0.1, 0.15) is 17.1 Å². The van der Waals surface area contributed by atoms with E-state index >= 15 is 0 Å². The van der Waals surface area contributed by atoms with Crippen molar-refractivity contribution in [2.75, 3.05) is 24.7 Å². The van der Waals surface area contributed by atoms with Crippen LogP contribution in [-0.2, 0) is 10.0 Å². The summed E-state index contributed by atoms with van der Waals surface area (Å²) in [6.07, 6.45) is 1.70. The molecule has 1 atom stereocenters. The smallest absolute Gasteiger partial charge is 0.251 e. The molecule has 29 heavy (non-hydrogen) atoms. The van der Waals surface area contributed by atoms with E-state index < -0.39 is 15.6 Å². The van der Waals surface area contributed by atoms with Crippen molar-refractivity contribution >= 4 is 21.6 Å². The van der Waals surface area contributed by atoms with Gasteiger partial charge in [0.05, 0.1) is 25.1 Å². The summed E-state index contributed by atoms with van der Waals surface area (Å²) in [7, 11) is -0.373. The number of carbonyl (C=O) groups excluding carboxylic acids is 1. The summed E-state index contributed by atoms with van der Waals surface area (Å²) in [4.78, 5) is 13.0. The molecular weight excluding hydrogens is 392 g/mol. The van der Waals surface area contributed by atoms with Crippen molar-refractivity contribution in [1.29, 1.82) is 0 Å². The van der Waals surface area contributed by atoms with Gasteiger partial charge in [-0.3, -0.25) is 9.10 Å². The average molecular weight is 419 g/mol. The quantitative estimate of drug-likeness (QED) is 0.806. The Bertz CT molecular complexity index is 1030. The van der Waals surface area contributed by atoms with E-state index in [-0.39, 0.29) is 11.9 Å². The highest BCUT2D eigenvalue weighted by atomic mass is 32.2. The van der Waals surface area contributed by atoms with Crippen molar-refractivity contribution in [3.05, 3.63) is 53.6 Å². The number of fused-ring (bicyclic) bond motifs is 1. The van der Waals surface area contributed by atoms with Crippen LogP contribution in [0, 0.1) is 0 Å². The predicted octanol–water partition coefficient (Wildman–Crippen LogP) is 3.12. The van der Waals surface area contributed by atoms with Crippen molar-refractivity contribution in [3.63, 3.8) is 0 Å². The molecule has 2 aromatic rings. The number of hydrogen-bond donors (Lipinski definition) is 1. The number of hydrogen-bond acceptors (Lipinski definition) is 5. The van der Waals surface area contributed by atoms with Crippen molar-refractivity contribution < 1.29 is 22.7 Å². The van der Waals surface area contributed by atoms with Gasteiger partial charge in [-0.2, -0.15) is 0 Å². The number of nitrogens with one attached hydrogen (secondary N) is 1. The maximum absolute atomic E-state index is 13.0. The molecule has 0 saturated carbocycles. The molecular formula is C21H26N2O5S. The first kappa shape index (κ1) is 21.0. The van der Waals surface area contributed by atoms with Crippen LogP contribution in [0.4, 0.5) is 5.69 Å². The molecule has 7 nitrogen and oxygen atoms in total. The van der Waals surface area contributed by atoms with Gasteiger partial charge in [0, 0.05) is 24.6 Å². The largest absolute Gasteiger partial charge is 0.497 e. The highest BCUT2D eigenvalue weighted by molar-refractivity contribution is 7.92. The van der Waals surface area contributed by atoms with E-state index in [1.54, 1.807) is 31.4 Å². The minimum absolute atomic E-state index is 0.271. The molecule has 0 aliphatic carbocycles. The summed E-state index contributed by atoms with van der Waals surface area (Å²) in [5, 5.41) is 3.06. The van der Waals surface area contributed by atoms with Crippen LogP contribution in [0.1, 0.15) is 42.2 Å². The van der Waals surface area contributed by atoms with Crippen LogP contribution in [0.3, 0.4) is 0 Å². The molecule has 0 radical (unpaired) electrons. The Hall–Kier alpha value is -2.74. The second-order valence-electron chi connectivity index (χ2n) is 7.78. The van der Waals surface area contributed by atoms with Crippen LogP contribution in [0.15, 0.2) is 42.5 Å². The molecule has 0 fully saturated rings. The fourth-order valence-corrected chi connectivity index (χ4v) is 3.86. The van der Waals surface area contributed by atoms with Crippen LogP contribution in [0.25, 0.3) is 0 Å². The molecule has 1 N–H and O–H groups in total. The number of anilines is 1. The Balaban J connectivity index is 1.89. The fourth-order valence-electron chi connectivity index (χ4n) is 3.36. The first-order valence-corrected chi connectivity index (χ1v) is 11.1. The van der Waals surface area contributed by atoms with Crippen molar-refractivity contribution in [3.8, 4) is 11.5 Å². The second kappa shape index (κ2) is 7.59. The standard InChI is InChI=1S/C21H26N2O5S/c1-21(2)13-18(17-12-16(27-4)9-10-19(17)28-21)22-20(24)14-7-6-8-15(11-14)23(3)29(5,25)26/h6-12,18H,13H2,1-5H3,(H,22,24). The van der Waals surface area contributed by atoms with Gasteiger partial charge < -0.3 is 14.8 Å². The number of sulfonamides is 1. The third-order valence-corrected chi connectivity index (χ3v) is 6.15. The molecule has 0 bridgehead atoms. The monoisotopic (exact) mass is 418 g/mol. The fraction of sp³-hybridized carbons (Fsp3) is 0.381. The van der Waals surface area contributed by atoms with Gasteiger partial charge in [0.2, 0.25) is 10.0 Å². The molecule has 1 amide bonds. The topological polar surface area (TPSA) is 84.9 Å². The summed E-state index contributed by atoms with van der Waals surface area (Å²) < 4.78 is 36.1. The number of carbonyl (C=O) groups is 1. The Morgan fingerprint density at radius 2 is 1.97 bits per heavy atom. The molecule has 8 heteroatoms. The number of amides is 1. The molecule has 0 saturated heterocycles. The first-order chi connectivity index (χ1) is 13.5. The second-order valence-corrected chi connectivity index (χ2v) is 9.79. The number of nitrogens with zero attached hydrogens (tertiary/aromatic N) is 1. The van der Waals surface area contributed by atoms with Crippen LogP contribution < -0.4 is 19.1 Å². The zero-order valence-electron chi connectivity index (χ0n) is 17.2. The van der Waals surface area contributed by atoms with Gasteiger partial charge in [-0.1, -0.05) is 6.07 Å². The molecule has 1 aliphatic rings. The molecule has 3 rings (SSSR count). The third kappa shape index (κ3) is 4.64. The number of benzene rings is 2. The number of rotatable bonds is 5. The Labute approximate surface area is 171 Å². The van der Waals surface area contributed by atoms with Gasteiger partial charge in [0.25, 0.3) is 5.91 Å². The minimum atomic E-state index is -3.42. The van der Waals surface area contributed by atoms with Gasteiger partial charge in [0.15, 0.2) is 0 Å². The van der Waals surface area contributed by atoms with E-state index in [1.165, 1.54) is 7.05 Å². The summed E-state index contributed by atoms with van der Waals surface area (Å²) >= 11 is 0. The first-order valence-electron chi connectivity index (χ1n) is 9.22. The Morgan fingerprint density at radius 3 is 2.62 bits per heavy atom. The Kier molecular flexibility index (Phi) is 5.49. The highest BCUT2D eigenvalue weighted by Gasteiger charge is 2.35. The minimum Gasteiger partial charge on any atom is -0.497 e. The van der Waals surface area contributed by atoms with Gasteiger partial charge in [-0.15, -0.1) is 0 Å². The molecule has 2 aromatic carbocycles. The predicted molar refractivity (Wildman–Crippen MR) is 112 cm³/mol. The summed E-state index contributed by atoms with van der Waals surface area (Å²) in [6, 6.07) is 11.8. The Morgan fingerprint density at radius 1 is 1.24 bits per heavy atom. The van der Waals surface area contributed by atoms with Crippen LogP contribution in [0.5, 0.6) is 11.5 Å². The lowest BCUT2D eigenvalue weighted by atomic mass is 9.89. The lowest BCUT2D eigenvalue weighted by Gasteiger charge is -2.38. The van der Waals surface area contributed by atoms with Crippen molar-refractivity contribution in [2.45, 2.75) is 31.9 Å². The maximum atomic E-state index is 13.0. The van der Waals surface area contributed by atoms with E-state index in [2.05, 4.69) is 5.32 Å². The zero-order chi connectivity index (χ0) is 21.4. The van der Waals surface area contributed by atoms with E-state index in [0.29, 0.717) is 29.2 Å². The highest BCUT2D eigenvalue weighted by Crippen LogP contribution is 2.41. The van der Waals surface area contributed by atoms with E-state index in [1.807, 2.05) is 32.0 Å². The van der Waals surface area contributed by atoms with E-state index in [0.717, 1.165) is 16.1 Å². The average Bonchev–Trinajstić information content (AvgIpc) is 2.65. The van der Waals surface area contributed by atoms with Crippen LogP contribution >= 0.6 is 0 Å². The molecule has 1 aliphatic heterocycles. The van der Waals surface area contributed by atoms with E-state index in [9.17, 15) is 13.2 Å². The third-order valence-electron chi connectivity index (χ3n) is 4.95. The lowest BCUT2D eigenvalue weighted by molar-refractivity contribution is 0.0618. The maximum Gasteiger partial charge on any atom is 0.251 e. The van der Waals surface area contributed by atoms with Gasteiger partial charge in [-0.25, -0.2) is 8.42 Å². The summed E-state index contributed by atoms with van der Waals surface area (Å²) in [5.41, 5.74) is 1.21. The normalized spacial score (nSPS) is 17.6. The van der Waals surface area contributed by atoms with E-state index in [4.69, 9.17) is 9.47 Å². The number of ether oxygens (including phenoxy) is 2. The van der Waals surface area contributed by atoms with Crippen molar-refractivity contribution in [2.24, 2.45) is 0 Å². The molecule has 1 unspecified atom stereocenters. The van der Waals surface area contributed by atoms with Crippen LogP contribution in [-0.4, -0.2) is 40.3 Å². The van der Waals surface area contributed by atoms with Crippen LogP contribution in [0.2, 0.25) is 0 Å². The van der Waals surface area contributed by atoms with Crippen molar-refractivity contribution in [1.82, 2.24) is 5.32 Å².